The Balaban J connectivity index is 1.35. The summed E-state index contributed by atoms with van der Waals surface area (Å²) in [4.78, 5) is 12.9. The number of benzene rings is 5. The number of carbonyl (C=O) groups is 1. The van der Waals surface area contributed by atoms with E-state index in [1.165, 1.54) is 6.26 Å². The van der Waals surface area contributed by atoms with E-state index in [4.69, 9.17) is 18.9 Å². The van der Waals surface area contributed by atoms with Crippen molar-refractivity contribution in [2.75, 3.05) is 45.7 Å². The molecule has 0 amide bonds. The number of nitrogens with zero attached hydrogens (tertiary/aromatic N) is 1. The fourth-order valence-electron chi connectivity index (χ4n) is 5.10. The minimum absolute atomic E-state index is 0.114. The van der Waals surface area contributed by atoms with Gasteiger partial charge in [-0.25, -0.2) is 8.42 Å². The molecule has 0 heterocycles. The SMILES string of the molecule is CCN(CCOCC=O)CCOc1ccc(Oc2c(-c3ccc(S(C)(=O)=O)cc3)ccc3cc(OCc4ccccc4)ccc23)cc1. The van der Waals surface area contributed by atoms with Gasteiger partial charge in [0.15, 0.2) is 9.84 Å². The second kappa shape index (κ2) is 16.2. The van der Waals surface area contributed by atoms with Crippen molar-refractivity contribution >= 4 is 26.9 Å². The molecule has 0 aliphatic rings. The second-order valence-corrected chi connectivity index (χ2v) is 13.0. The number of rotatable bonds is 17. The summed E-state index contributed by atoms with van der Waals surface area (Å²) in [5.74, 6) is 2.74. The Morgan fingerprint density at radius 2 is 1.45 bits per heavy atom. The molecule has 0 aliphatic carbocycles. The molecule has 5 aromatic rings. The highest BCUT2D eigenvalue weighted by atomic mass is 32.2. The number of hydrogen-bond donors (Lipinski definition) is 0. The molecule has 244 valence electrons. The van der Waals surface area contributed by atoms with Crippen LogP contribution in [-0.4, -0.2) is 65.3 Å². The van der Waals surface area contributed by atoms with E-state index in [1.54, 1.807) is 24.3 Å². The van der Waals surface area contributed by atoms with E-state index < -0.39 is 9.84 Å². The first-order valence-corrected chi connectivity index (χ1v) is 17.4. The lowest BCUT2D eigenvalue weighted by atomic mass is 9.99. The monoisotopic (exact) mass is 653 g/mol. The zero-order chi connectivity index (χ0) is 33.1. The molecule has 0 fully saturated rings. The predicted molar refractivity (Wildman–Crippen MR) is 184 cm³/mol. The first-order valence-electron chi connectivity index (χ1n) is 15.5. The number of fused-ring (bicyclic) bond motifs is 1. The zero-order valence-corrected chi connectivity index (χ0v) is 27.4. The quantitative estimate of drug-likeness (QED) is 0.0769. The van der Waals surface area contributed by atoms with E-state index in [-0.39, 0.29) is 11.5 Å². The molecule has 0 spiro atoms. The van der Waals surface area contributed by atoms with E-state index in [9.17, 15) is 13.2 Å². The highest BCUT2D eigenvalue weighted by molar-refractivity contribution is 7.90. The third kappa shape index (κ3) is 9.42. The summed E-state index contributed by atoms with van der Waals surface area (Å²) >= 11 is 0. The van der Waals surface area contributed by atoms with Gasteiger partial charge in [0, 0.05) is 30.3 Å². The Hall–Kier alpha value is -4.70. The Morgan fingerprint density at radius 1 is 0.745 bits per heavy atom. The number of hydrogen-bond acceptors (Lipinski definition) is 8. The third-order valence-electron chi connectivity index (χ3n) is 7.69. The van der Waals surface area contributed by atoms with E-state index in [0.29, 0.717) is 31.3 Å². The summed E-state index contributed by atoms with van der Waals surface area (Å²) in [5, 5.41) is 1.83. The van der Waals surface area contributed by atoms with Crippen molar-refractivity contribution < 1.29 is 32.2 Å². The van der Waals surface area contributed by atoms with Crippen molar-refractivity contribution in [1.82, 2.24) is 4.90 Å². The normalized spacial score (nSPS) is 11.5. The van der Waals surface area contributed by atoms with Gasteiger partial charge in [0.05, 0.1) is 11.5 Å². The summed E-state index contributed by atoms with van der Waals surface area (Å²) in [6, 6.07) is 34.2. The molecule has 8 nitrogen and oxygen atoms in total. The zero-order valence-electron chi connectivity index (χ0n) is 26.6. The molecular formula is C38H39NO7S. The van der Waals surface area contributed by atoms with Crippen LogP contribution in [0.1, 0.15) is 12.5 Å². The van der Waals surface area contributed by atoms with E-state index >= 15 is 0 Å². The van der Waals surface area contributed by atoms with Crippen LogP contribution >= 0.6 is 0 Å². The van der Waals surface area contributed by atoms with Gasteiger partial charge in [0.25, 0.3) is 0 Å². The first kappa shape index (κ1) is 33.7. The Labute approximate surface area is 276 Å². The summed E-state index contributed by atoms with van der Waals surface area (Å²) in [6.07, 6.45) is 1.95. The maximum atomic E-state index is 12.1. The van der Waals surface area contributed by atoms with Crippen molar-refractivity contribution in [2.24, 2.45) is 0 Å². The fourth-order valence-corrected chi connectivity index (χ4v) is 5.73. The molecule has 0 unspecified atom stereocenters. The van der Waals surface area contributed by atoms with Crippen molar-refractivity contribution in [3.8, 4) is 34.1 Å². The standard InChI is InChI=1S/C38H39NO7S/c1-3-39(21-24-43-26-23-40)22-25-44-32-12-14-33(15-13-32)46-38-36(30-9-17-35(18-10-30)47(2,41)42)19-11-31-27-34(16-20-37(31)38)45-28-29-7-5-4-6-8-29/h4-20,23,27H,3,21-22,24-26,28H2,1-2H3. The minimum atomic E-state index is -3.33. The molecule has 0 radical (unpaired) electrons. The maximum absolute atomic E-state index is 12.1. The Bertz CT molecular complexity index is 1860. The predicted octanol–water partition coefficient (Wildman–Crippen LogP) is 7.20. The number of carbonyl (C=O) groups excluding carboxylic acids is 1. The smallest absolute Gasteiger partial charge is 0.175 e. The lowest BCUT2D eigenvalue weighted by Crippen LogP contribution is -2.31. The van der Waals surface area contributed by atoms with Crippen molar-refractivity contribution in [3.05, 3.63) is 115 Å². The van der Waals surface area contributed by atoms with Crippen LogP contribution in [-0.2, 0) is 26.0 Å². The molecule has 0 bridgehead atoms. The van der Waals surface area contributed by atoms with Gasteiger partial charge in [-0.2, -0.15) is 0 Å². The van der Waals surface area contributed by atoms with Crippen LogP contribution in [0.5, 0.6) is 23.0 Å². The molecule has 0 N–H and O–H groups in total. The van der Waals surface area contributed by atoms with Gasteiger partial charge in [-0.15, -0.1) is 0 Å². The van der Waals surface area contributed by atoms with Crippen molar-refractivity contribution in [3.63, 3.8) is 0 Å². The van der Waals surface area contributed by atoms with Crippen LogP contribution < -0.4 is 14.2 Å². The molecule has 0 saturated carbocycles. The topological polar surface area (TPSA) is 91.4 Å². The molecule has 0 aromatic heterocycles. The van der Waals surface area contributed by atoms with E-state index in [2.05, 4.69) is 11.8 Å². The number of aldehydes is 1. The lowest BCUT2D eigenvalue weighted by Gasteiger charge is -2.20. The fraction of sp³-hybridized carbons (Fsp3) is 0.237. The summed E-state index contributed by atoms with van der Waals surface area (Å²) in [7, 11) is -3.33. The van der Waals surface area contributed by atoms with Gasteiger partial charge < -0.3 is 23.7 Å². The Morgan fingerprint density at radius 3 is 2.15 bits per heavy atom. The second-order valence-electron chi connectivity index (χ2n) is 11.0. The largest absolute Gasteiger partial charge is 0.492 e. The molecule has 0 aliphatic heterocycles. The Kier molecular flexibility index (Phi) is 11.6. The highest BCUT2D eigenvalue weighted by Crippen LogP contribution is 2.41. The molecule has 47 heavy (non-hydrogen) atoms. The van der Waals surface area contributed by atoms with Gasteiger partial charge in [-0.3, -0.25) is 4.90 Å². The number of sulfone groups is 1. The molecule has 5 rings (SSSR count). The van der Waals surface area contributed by atoms with Crippen LogP contribution in [0.3, 0.4) is 0 Å². The van der Waals surface area contributed by atoms with Crippen LogP contribution in [0.2, 0.25) is 0 Å². The molecule has 9 heteroatoms. The highest BCUT2D eigenvalue weighted by Gasteiger charge is 2.15. The van der Waals surface area contributed by atoms with Gasteiger partial charge in [0.2, 0.25) is 0 Å². The summed E-state index contributed by atoms with van der Waals surface area (Å²) in [6.45, 7) is 5.96. The summed E-state index contributed by atoms with van der Waals surface area (Å²) in [5.41, 5.74) is 2.74. The maximum Gasteiger partial charge on any atom is 0.175 e. The molecule has 0 saturated heterocycles. The number of likely N-dealkylation sites (N-methyl/N-ethyl adjacent to an activating group) is 1. The van der Waals surface area contributed by atoms with Gasteiger partial charge >= 0.3 is 0 Å². The average Bonchev–Trinajstić information content (AvgIpc) is 3.09. The van der Waals surface area contributed by atoms with E-state index in [1.807, 2.05) is 84.9 Å². The molecule has 0 atom stereocenters. The van der Waals surface area contributed by atoms with Gasteiger partial charge in [-0.05, 0) is 83.7 Å². The third-order valence-corrected chi connectivity index (χ3v) is 8.82. The van der Waals surface area contributed by atoms with Crippen molar-refractivity contribution in [2.45, 2.75) is 18.4 Å². The molecule has 5 aromatic carbocycles. The van der Waals surface area contributed by atoms with E-state index in [0.717, 1.165) is 64.9 Å². The summed E-state index contributed by atoms with van der Waals surface area (Å²) < 4.78 is 48.0. The van der Waals surface area contributed by atoms with Crippen LogP contribution in [0.4, 0.5) is 0 Å². The first-order chi connectivity index (χ1) is 22.8. The van der Waals surface area contributed by atoms with Crippen molar-refractivity contribution in [1.29, 1.82) is 0 Å². The van der Waals surface area contributed by atoms with Gasteiger partial charge in [0.1, 0.15) is 49.1 Å². The van der Waals surface area contributed by atoms with Crippen LogP contribution in [0.25, 0.3) is 21.9 Å². The lowest BCUT2D eigenvalue weighted by molar-refractivity contribution is -0.112. The minimum Gasteiger partial charge on any atom is -0.492 e. The van der Waals surface area contributed by atoms with Crippen LogP contribution in [0, 0.1) is 0 Å². The molecular weight excluding hydrogens is 614 g/mol. The van der Waals surface area contributed by atoms with Gasteiger partial charge in [-0.1, -0.05) is 55.5 Å². The number of ether oxygens (including phenoxy) is 4. The van der Waals surface area contributed by atoms with Crippen LogP contribution in [0.15, 0.2) is 114 Å². The average molecular weight is 654 g/mol.